The number of nitrogens with zero attached hydrogens (tertiary/aromatic N) is 3. The van der Waals surface area contributed by atoms with Gasteiger partial charge in [-0.25, -0.2) is 4.98 Å². The lowest BCUT2D eigenvalue weighted by molar-refractivity contribution is 0.498. The van der Waals surface area contributed by atoms with Crippen LogP contribution in [0, 0.1) is 6.92 Å². The van der Waals surface area contributed by atoms with Gasteiger partial charge in [0.1, 0.15) is 17.1 Å². The molecule has 1 aliphatic heterocycles. The topological polar surface area (TPSA) is 42.2 Å². The van der Waals surface area contributed by atoms with E-state index in [2.05, 4.69) is 46.1 Å². The molecule has 0 bridgehead atoms. The Kier molecular flexibility index (Phi) is 3.15. The van der Waals surface area contributed by atoms with Crippen LogP contribution in [0.2, 0.25) is 0 Å². The first-order valence-corrected chi connectivity index (χ1v) is 7.51. The number of aromatic nitrogens is 2. The van der Waals surface area contributed by atoms with Gasteiger partial charge in [0.15, 0.2) is 0 Å². The van der Waals surface area contributed by atoms with Gasteiger partial charge >= 0.3 is 0 Å². The van der Waals surface area contributed by atoms with E-state index in [0.717, 1.165) is 36.7 Å². The van der Waals surface area contributed by atoms with Crippen molar-refractivity contribution < 1.29 is 4.42 Å². The van der Waals surface area contributed by atoms with Gasteiger partial charge in [-0.2, -0.15) is 0 Å². The van der Waals surface area contributed by atoms with Gasteiger partial charge in [-0.05, 0) is 36.8 Å². The molecule has 4 heteroatoms. The van der Waals surface area contributed by atoms with Crippen molar-refractivity contribution in [3.05, 3.63) is 65.7 Å². The summed E-state index contributed by atoms with van der Waals surface area (Å²) in [6.45, 7) is 3.86. The second-order valence-corrected chi connectivity index (χ2v) is 5.61. The van der Waals surface area contributed by atoms with Crippen molar-refractivity contribution in [3.63, 3.8) is 0 Å². The third-order valence-electron chi connectivity index (χ3n) is 3.98. The average Bonchev–Trinajstić information content (AvgIpc) is 2.99. The fraction of sp³-hybridized carbons (Fsp3) is 0.222. The van der Waals surface area contributed by atoms with Crippen molar-refractivity contribution in [2.75, 3.05) is 11.4 Å². The third-order valence-corrected chi connectivity index (χ3v) is 3.98. The number of benzene rings is 1. The maximum atomic E-state index is 5.90. The largest absolute Gasteiger partial charge is 0.439 e. The van der Waals surface area contributed by atoms with E-state index in [9.17, 15) is 0 Å². The average molecular weight is 291 g/mol. The lowest BCUT2D eigenvalue weighted by Crippen LogP contribution is -2.30. The highest BCUT2D eigenvalue weighted by Crippen LogP contribution is 2.28. The van der Waals surface area contributed by atoms with Crippen LogP contribution in [0.25, 0.3) is 11.6 Å². The van der Waals surface area contributed by atoms with Crippen LogP contribution in [-0.4, -0.2) is 16.5 Å². The summed E-state index contributed by atoms with van der Waals surface area (Å²) in [7, 11) is 0. The summed E-state index contributed by atoms with van der Waals surface area (Å²) in [4.78, 5) is 11.3. The van der Waals surface area contributed by atoms with Crippen molar-refractivity contribution in [1.29, 1.82) is 0 Å². The van der Waals surface area contributed by atoms with E-state index >= 15 is 0 Å². The number of rotatable bonds is 2. The predicted octanol–water partition coefficient (Wildman–Crippen LogP) is 3.61. The van der Waals surface area contributed by atoms with Crippen LogP contribution in [-0.2, 0) is 13.0 Å². The van der Waals surface area contributed by atoms with Gasteiger partial charge in [0.2, 0.25) is 5.89 Å². The number of pyridine rings is 1. The molecule has 0 amide bonds. The van der Waals surface area contributed by atoms with Gasteiger partial charge in [-0.3, -0.25) is 4.98 Å². The zero-order chi connectivity index (χ0) is 14.9. The van der Waals surface area contributed by atoms with Crippen LogP contribution in [0.1, 0.15) is 17.0 Å². The summed E-state index contributed by atoms with van der Waals surface area (Å²) in [5, 5.41) is 0. The summed E-state index contributed by atoms with van der Waals surface area (Å²) in [6.07, 6.45) is 2.64. The van der Waals surface area contributed by atoms with Crippen LogP contribution in [0.5, 0.6) is 0 Å². The minimum absolute atomic E-state index is 0.622. The van der Waals surface area contributed by atoms with Crippen molar-refractivity contribution in [2.45, 2.75) is 19.9 Å². The molecule has 3 heterocycles. The van der Waals surface area contributed by atoms with Gasteiger partial charge in [-0.1, -0.05) is 18.2 Å². The number of oxazole rings is 1. The molecule has 1 aromatic carbocycles. The number of hydrogen-bond donors (Lipinski definition) is 0. The minimum atomic E-state index is 0.622. The van der Waals surface area contributed by atoms with E-state index in [4.69, 9.17) is 4.42 Å². The lowest BCUT2D eigenvalue weighted by atomic mass is 10.1. The number of anilines is 1. The summed E-state index contributed by atoms with van der Waals surface area (Å²) in [6, 6.07) is 14.4. The van der Waals surface area contributed by atoms with E-state index in [1.165, 1.54) is 11.3 Å². The van der Waals surface area contributed by atoms with Crippen molar-refractivity contribution >= 4 is 5.69 Å². The zero-order valence-corrected chi connectivity index (χ0v) is 12.5. The van der Waals surface area contributed by atoms with Crippen LogP contribution < -0.4 is 4.90 Å². The van der Waals surface area contributed by atoms with Crippen molar-refractivity contribution in [3.8, 4) is 11.6 Å². The predicted molar refractivity (Wildman–Crippen MR) is 85.7 cm³/mol. The van der Waals surface area contributed by atoms with Gasteiger partial charge in [0.05, 0.1) is 6.54 Å². The summed E-state index contributed by atoms with van der Waals surface area (Å²) in [5.41, 5.74) is 4.33. The second kappa shape index (κ2) is 5.30. The normalized spacial score (nSPS) is 14.0. The molecule has 0 spiro atoms. The van der Waals surface area contributed by atoms with E-state index in [1.807, 2.05) is 18.2 Å². The van der Waals surface area contributed by atoms with Crippen molar-refractivity contribution in [1.82, 2.24) is 9.97 Å². The monoisotopic (exact) mass is 291 g/mol. The number of fused-ring (bicyclic) bond motifs is 1. The molecule has 0 unspecified atom stereocenters. The van der Waals surface area contributed by atoms with Crippen LogP contribution in [0.3, 0.4) is 0 Å². The number of aryl methyl sites for hydroxylation is 1. The fourth-order valence-corrected chi connectivity index (χ4v) is 2.84. The molecule has 2 aromatic heterocycles. The molecule has 1 aliphatic rings. The SMILES string of the molecule is Cc1cccc(N2CCc3oc(-c4ccccn4)nc3C2)c1. The Hall–Kier alpha value is -2.62. The number of hydrogen-bond acceptors (Lipinski definition) is 4. The zero-order valence-electron chi connectivity index (χ0n) is 12.5. The molecule has 110 valence electrons. The molecule has 0 atom stereocenters. The van der Waals surface area contributed by atoms with Gasteiger partial charge in [0, 0.05) is 24.8 Å². The van der Waals surface area contributed by atoms with E-state index in [1.54, 1.807) is 6.20 Å². The minimum Gasteiger partial charge on any atom is -0.439 e. The molecule has 22 heavy (non-hydrogen) atoms. The quantitative estimate of drug-likeness (QED) is 0.723. The molecule has 4 rings (SSSR count). The summed E-state index contributed by atoms with van der Waals surface area (Å²) >= 11 is 0. The molecular formula is C18H17N3O. The van der Waals surface area contributed by atoms with Crippen LogP contribution >= 0.6 is 0 Å². The Morgan fingerprint density at radius 1 is 1.14 bits per heavy atom. The molecule has 0 radical (unpaired) electrons. The smallest absolute Gasteiger partial charge is 0.245 e. The van der Waals surface area contributed by atoms with Crippen LogP contribution in [0.15, 0.2) is 53.1 Å². The lowest BCUT2D eigenvalue weighted by Gasteiger charge is -2.27. The Morgan fingerprint density at radius 3 is 2.91 bits per heavy atom. The first kappa shape index (κ1) is 13.1. The highest BCUT2D eigenvalue weighted by atomic mass is 16.4. The third kappa shape index (κ3) is 2.37. The van der Waals surface area contributed by atoms with Gasteiger partial charge < -0.3 is 9.32 Å². The molecule has 4 nitrogen and oxygen atoms in total. The Morgan fingerprint density at radius 2 is 2.09 bits per heavy atom. The van der Waals surface area contributed by atoms with E-state index in [-0.39, 0.29) is 0 Å². The first-order valence-electron chi connectivity index (χ1n) is 7.51. The molecule has 3 aromatic rings. The molecule has 0 fully saturated rings. The summed E-state index contributed by atoms with van der Waals surface area (Å²) < 4.78 is 5.90. The Bertz CT molecular complexity index is 795. The molecular weight excluding hydrogens is 274 g/mol. The maximum absolute atomic E-state index is 5.90. The standard InChI is InChI=1S/C18H17N3O/c1-13-5-4-6-14(11-13)21-10-8-17-16(12-21)20-18(22-17)15-7-2-3-9-19-15/h2-7,9,11H,8,10,12H2,1H3. The van der Waals surface area contributed by atoms with Crippen LogP contribution in [0.4, 0.5) is 5.69 Å². The fourth-order valence-electron chi connectivity index (χ4n) is 2.84. The van der Waals surface area contributed by atoms with Gasteiger partial charge in [0.25, 0.3) is 0 Å². The Labute approximate surface area is 129 Å². The van der Waals surface area contributed by atoms with Gasteiger partial charge in [-0.15, -0.1) is 0 Å². The van der Waals surface area contributed by atoms with Crippen molar-refractivity contribution in [2.24, 2.45) is 0 Å². The maximum Gasteiger partial charge on any atom is 0.245 e. The summed E-state index contributed by atoms with van der Waals surface area (Å²) in [5.74, 6) is 1.61. The Balaban J connectivity index is 1.63. The second-order valence-electron chi connectivity index (χ2n) is 5.61. The molecule has 0 saturated carbocycles. The van der Waals surface area contributed by atoms with E-state index < -0.39 is 0 Å². The molecule has 0 aliphatic carbocycles. The molecule has 0 saturated heterocycles. The highest BCUT2D eigenvalue weighted by Gasteiger charge is 2.23. The highest BCUT2D eigenvalue weighted by molar-refractivity contribution is 5.52. The van der Waals surface area contributed by atoms with E-state index in [0.29, 0.717) is 5.89 Å². The molecule has 0 N–H and O–H groups in total. The first-order chi connectivity index (χ1) is 10.8.